The minimum absolute atomic E-state index is 0.00941. The number of nitrogens with two attached hydrogens (primary N) is 1. The number of imidazole rings is 1. The molecule has 0 unspecified atom stereocenters. The Morgan fingerprint density at radius 1 is 1.23 bits per heavy atom. The molecule has 0 aromatic carbocycles. The number of hydrogen-bond donors (Lipinski definition) is 6. The molecular weight excluding hydrogens is 348 g/mol. The summed E-state index contributed by atoms with van der Waals surface area (Å²) in [5.74, 6) is -0.459. The van der Waals surface area contributed by atoms with Crippen LogP contribution in [0.4, 0.5) is 5.82 Å². The SMILES string of the molecule is Nc1ncnc2c1ncn2[C@@H]1O[C@H](COc2cc(O)[nH]c2O)[C@@H](O)[C@H]1O. The van der Waals surface area contributed by atoms with Crippen LogP contribution >= 0.6 is 0 Å². The van der Waals surface area contributed by atoms with Crippen molar-refractivity contribution in [2.75, 3.05) is 12.3 Å². The van der Waals surface area contributed by atoms with Gasteiger partial charge in [-0.25, -0.2) is 15.0 Å². The van der Waals surface area contributed by atoms with Crippen LogP contribution in [0.15, 0.2) is 18.7 Å². The van der Waals surface area contributed by atoms with Crippen molar-refractivity contribution in [3.05, 3.63) is 18.7 Å². The van der Waals surface area contributed by atoms with E-state index in [1.54, 1.807) is 0 Å². The molecule has 12 heteroatoms. The Hall–Kier alpha value is -3.09. The van der Waals surface area contributed by atoms with Crippen LogP contribution in [0.25, 0.3) is 11.2 Å². The van der Waals surface area contributed by atoms with Crippen molar-refractivity contribution in [2.24, 2.45) is 0 Å². The van der Waals surface area contributed by atoms with Gasteiger partial charge in [-0.05, 0) is 0 Å². The summed E-state index contributed by atoms with van der Waals surface area (Å²) < 4.78 is 12.5. The second kappa shape index (κ2) is 6.01. The molecule has 1 fully saturated rings. The van der Waals surface area contributed by atoms with Crippen LogP contribution in [0.3, 0.4) is 0 Å². The minimum atomic E-state index is -1.27. The second-order valence-corrected chi connectivity index (χ2v) is 5.81. The maximum atomic E-state index is 10.3. The number of hydrogen-bond acceptors (Lipinski definition) is 10. The normalized spacial score (nSPS) is 25.8. The maximum absolute atomic E-state index is 10.3. The van der Waals surface area contributed by atoms with Crippen molar-refractivity contribution in [1.29, 1.82) is 0 Å². The van der Waals surface area contributed by atoms with E-state index in [1.165, 1.54) is 23.3 Å². The smallest absolute Gasteiger partial charge is 0.235 e. The summed E-state index contributed by atoms with van der Waals surface area (Å²) >= 11 is 0. The molecular formula is C14H16N6O6. The number of nitrogens with one attached hydrogen (secondary N) is 1. The number of aromatic amines is 1. The fraction of sp³-hybridized carbons (Fsp3) is 0.357. The number of nitrogen functional groups attached to an aromatic ring is 1. The molecule has 3 aromatic rings. The third-order valence-corrected chi connectivity index (χ3v) is 4.15. The van der Waals surface area contributed by atoms with E-state index in [2.05, 4.69) is 19.9 Å². The zero-order valence-electron chi connectivity index (χ0n) is 13.2. The molecule has 0 bridgehead atoms. The summed E-state index contributed by atoms with van der Waals surface area (Å²) in [6.45, 7) is -0.177. The van der Waals surface area contributed by atoms with Gasteiger partial charge in [0.2, 0.25) is 5.88 Å². The molecule has 1 aliphatic rings. The number of nitrogens with zero attached hydrogens (tertiary/aromatic N) is 4. The highest BCUT2D eigenvalue weighted by molar-refractivity contribution is 5.81. The quantitative estimate of drug-likeness (QED) is 0.330. The number of ether oxygens (including phenoxy) is 2. The zero-order valence-corrected chi connectivity index (χ0v) is 13.2. The van der Waals surface area contributed by atoms with Gasteiger partial charge in [-0.3, -0.25) is 9.55 Å². The fourth-order valence-electron chi connectivity index (χ4n) is 2.85. The maximum Gasteiger partial charge on any atom is 0.235 e. The van der Waals surface area contributed by atoms with Crippen molar-refractivity contribution in [3.63, 3.8) is 0 Å². The highest BCUT2D eigenvalue weighted by Crippen LogP contribution is 2.34. The summed E-state index contributed by atoms with van der Waals surface area (Å²) in [6.07, 6.45) is -1.75. The largest absolute Gasteiger partial charge is 0.494 e. The topological polar surface area (TPSA) is 185 Å². The zero-order chi connectivity index (χ0) is 18.4. The van der Waals surface area contributed by atoms with E-state index in [4.69, 9.17) is 15.2 Å². The molecule has 3 aromatic heterocycles. The second-order valence-electron chi connectivity index (χ2n) is 5.81. The van der Waals surface area contributed by atoms with Crippen LogP contribution in [-0.4, -0.2) is 69.8 Å². The lowest BCUT2D eigenvalue weighted by Crippen LogP contribution is -2.34. The van der Waals surface area contributed by atoms with E-state index in [0.717, 1.165) is 0 Å². The Kier molecular flexibility index (Phi) is 3.79. The number of H-pyrrole nitrogens is 1. The molecule has 1 saturated heterocycles. The molecule has 1 aliphatic heterocycles. The van der Waals surface area contributed by atoms with E-state index in [-0.39, 0.29) is 29.9 Å². The number of aliphatic hydroxyl groups is 2. The molecule has 0 saturated carbocycles. The Morgan fingerprint density at radius 2 is 2.04 bits per heavy atom. The van der Waals surface area contributed by atoms with Gasteiger partial charge in [-0.15, -0.1) is 0 Å². The van der Waals surface area contributed by atoms with Crippen LogP contribution in [0.5, 0.6) is 17.5 Å². The molecule has 0 radical (unpaired) electrons. The summed E-state index contributed by atoms with van der Waals surface area (Å²) in [6, 6.07) is 1.17. The van der Waals surface area contributed by atoms with Crippen molar-refractivity contribution >= 4 is 17.0 Å². The van der Waals surface area contributed by atoms with Crippen molar-refractivity contribution < 1.29 is 29.9 Å². The van der Waals surface area contributed by atoms with E-state index in [9.17, 15) is 20.4 Å². The lowest BCUT2D eigenvalue weighted by molar-refractivity contribution is -0.0476. The Labute approximate surface area is 145 Å². The molecule has 4 rings (SSSR count). The van der Waals surface area contributed by atoms with Crippen LogP contribution in [0, 0.1) is 0 Å². The van der Waals surface area contributed by atoms with Gasteiger partial charge in [0.05, 0.1) is 6.33 Å². The lowest BCUT2D eigenvalue weighted by atomic mass is 10.1. The number of rotatable bonds is 4. The molecule has 26 heavy (non-hydrogen) atoms. The Morgan fingerprint density at radius 3 is 2.77 bits per heavy atom. The number of aliphatic hydroxyl groups excluding tert-OH is 2. The van der Waals surface area contributed by atoms with Crippen LogP contribution in [0.2, 0.25) is 0 Å². The summed E-state index contributed by atoms with van der Waals surface area (Å²) in [5, 5.41) is 39.4. The number of anilines is 1. The Bertz CT molecular complexity index is 941. The van der Waals surface area contributed by atoms with Crippen LogP contribution in [-0.2, 0) is 4.74 Å². The summed E-state index contributed by atoms with van der Waals surface area (Å²) in [7, 11) is 0. The van der Waals surface area contributed by atoms with Gasteiger partial charge in [-0.1, -0.05) is 0 Å². The molecule has 4 atom stereocenters. The van der Waals surface area contributed by atoms with Gasteiger partial charge in [0.1, 0.15) is 36.8 Å². The predicted molar refractivity (Wildman–Crippen MR) is 85.3 cm³/mol. The number of fused-ring (bicyclic) bond motifs is 1. The average Bonchev–Trinajstić information content (AvgIpc) is 3.25. The van der Waals surface area contributed by atoms with E-state index in [1.807, 2.05) is 0 Å². The summed E-state index contributed by atoms with van der Waals surface area (Å²) in [5.41, 5.74) is 6.44. The standard InChI is InChI=1S/C14H16N6O6/c15-11-8-12(17-3-16-11)20(4-18-8)14-10(23)9(22)6(26-14)2-25-5-1-7(21)19-13(5)24/h1,3-4,6,9-10,14,19,21-24H,2H2,(H2,15,16,17)/t6-,9-,10-,14-/m1/s1. The third kappa shape index (κ3) is 2.56. The van der Waals surface area contributed by atoms with E-state index < -0.39 is 24.5 Å². The third-order valence-electron chi connectivity index (χ3n) is 4.15. The van der Waals surface area contributed by atoms with Gasteiger partial charge in [0.15, 0.2) is 29.3 Å². The lowest BCUT2D eigenvalue weighted by Gasteiger charge is -2.16. The first-order valence-corrected chi connectivity index (χ1v) is 7.64. The van der Waals surface area contributed by atoms with Gasteiger partial charge in [-0.2, -0.15) is 0 Å². The Balaban J connectivity index is 1.54. The highest BCUT2D eigenvalue weighted by Gasteiger charge is 2.44. The van der Waals surface area contributed by atoms with E-state index >= 15 is 0 Å². The molecule has 7 N–H and O–H groups in total. The monoisotopic (exact) mass is 364 g/mol. The van der Waals surface area contributed by atoms with Gasteiger partial charge >= 0.3 is 0 Å². The minimum Gasteiger partial charge on any atom is -0.494 e. The predicted octanol–water partition coefficient (Wildman–Crippen LogP) is -1.15. The first-order valence-electron chi connectivity index (χ1n) is 7.64. The molecule has 0 aliphatic carbocycles. The average molecular weight is 364 g/mol. The van der Waals surface area contributed by atoms with Crippen molar-refractivity contribution in [1.82, 2.24) is 24.5 Å². The number of aromatic nitrogens is 5. The molecule has 4 heterocycles. The number of aromatic hydroxyl groups is 2. The van der Waals surface area contributed by atoms with Crippen molar-refractivity contribution in [3.8, 4) is 17.5 Å². The van der Waals surface area contributed by atoms with Gasteiger partial charge in [0, 0.05) is 6.07 Å². The van der Waals surface area contributed by atoms with Crippen molar-refractivity contribution in [2.45, 2.75) is 24.5 Å². The first kappa shape index (κ1) is 16.4. The first-order chi connectivity index (χ1) is 12.5. The summed E-state index contributed by atoms with van der Waals surface area (Å²) in [4.78, 5) is 14.3. The van der Waals surface area contributed by atoms with Gasteiger partial charge < -0.3 is 35.6 Å². The van der Waals surface area contributed by atoms with Crippen LogP contribution < -0.4 is 10.5 Å². The van der Waals surface area contributed by atoms with E-state index in [0.29, 0.717) is 11.2 Å². The van der Waals surface area contributed by atoms with Gasteiger partial charge in [0.25, 0.3) is 0 Å². The fourth-order valence-corrected chi connectivity index (χ4v) is 2.85. The molecule has 0 spiro atoms. The molecule has 0 amide bonds. The molecule has 12 nitrogen and oxygen atoms in total. The van der Waals surface area contributed by atoms with Crippen LogP contribution in [0.1, 0.15) is 6.23 Å². The molecule has 138 valence electrons. The highest BCUT2D eigenvalue weighted by atomic mass is 16.6.